The van der Waals surface area contributed by atoms with E-state index in [1.807, 2.05) is 46.8 Å². The van der Waals surface area contributed by atoms with E-state index in [9.17, 15) is 14.4 Å². The summed E-state index contributed by atoms with van der Waals surface area (Å²) < 4.78 is 27.6. The molecule has 2 aromatic heterocycles. The van der Waals surface area contributed by atoms with Crippen LogP contribution in [0.1, 0.15) is 78.8 Å². The minimum Gasteiger partial charge on any atom is -0.444 e. The Balaban J connectivity index is 1.33. The summed E-state index contributed by atoms with van der Waals surface area (Å²) in [7, 11) is 0. The SMILES string of the molecule is CCc1c(NC2CN(C(=O)C(=N)/C=C\C=N)C2)ncc2c1[C@@](C)(c1cccc(C)c1F)CN(c1ccc([C@H]3COCCN3C(=O)OC(C)(C)C)cn1)C2=O. The zero-order valence-corrected chi connectivity index (χ0v) is 31.5. The maximum Gasteiger partial charge on any atom is 0.410 e. The number of benzene rings is 1. The molecular formula is C40H47FN8O5. The number of fused-ring (bicyclic) bond motifs is 1. The number of nitrogens with zero attached hydrogens (tertiary/aromatic N) is 5. The van der Waals surface area contributed by atoms with Crippen molar-refractivity contribution in [1.82, 2.24) is 19.8 Å². The van der Waals surface area contributed by atoms with Crippen LogP contribution >= 0.6 is 0 Å². The van der Waals surface area contributed by atoms with Crippen molar-refractivity contribution in [2.75, 3.05) is 49.6 Å². The van der Waals surface area contributed by atoms with E-state index in [-0.39, 0.29) is 36.6 Å². The first-order chi connectivity index (χ1) is 25.7. The molecule has 13 nitrogen and oxygen atoms in total. The number of ether oxygens (including phenoxy) is 2. The average molecular weight is 739 g/mol. The summed E-state index contributed by atoms with van der Waals surface area (Å²) in [5.41, 5.74) is 1.56. The number of aryl methyl sites for hydroxylation is 1. The molecule has 3 amide bonds. The molecule has 284 valence electrons. The standard InChI is InChI=1S/C40H47FN8O5/c1-7-27-33-28(19-45-35(27)46-26-20-47(21-26)37(51)30(43)12-9-15-42)36(50)49(23-40(33,6)29-11-8-10-24(2)34(29)41)32-14-13-25(18-44-32)31-22-53-17-16-48(31)38(52)54-39(3,4)5/h8-15,18-19,26,31,42-43H,7,16-17,20-23H2,1-6H3,(H,45,46)/b12-9-,42-15?,43-30?/t31-,40-/m1/s1. The van der Waals surface area contributed by atoms with Crippen LogP contribution in [0.2, 0.25) is 0 Å². The molecule has 0 saturated carbocycles. The fourth-order valence-electron chi connectivity index (χ4n) is 7.39. The Morgan fingerprint density at radius 1 is 1.17 bits per heavy atom. The van der Waals surface area contributed by atoms with Crippen molar-refractivity contribution < 1.29 is 28.2 Å². The first kappa shape index (κ1) is 38.2. The number of allylic oxidation sites excluding steroid dienone is 1. The highest BCUT2D eigenvalue weighted by Gasteiger charge is 2.46. The van der Waals surface area contributed by atoms with Crippen LogP contribution in [0.15, 0.2) is 54.9 Å². The Bertz CT molecular complexity index is 2010. The average Bonchev–Trinajstić information content (AvgIpc) is 3.13. The van der Waals surface area contributed by atoms with Crippen LogP contribution < -0.4 is 10.2 Å². The maximum absolute atomic E-state index is 16.2. The van der Waals surface area contributed by atoms with Crippen molar-refractivity contribution in [3.8, 4) is 0 Å². The summed E-state index contributed by atoms with van der Waals surface area (Å²) in [5.74, 6) is -0.182. The quantitative estimate of drug-likeness (QED) is 0.239. The van der Waals surface area contributed by atoms with Gasteiger partial charge in [-0.3, -0.25) is 24.8 Å². The van der Waals surface area contributed by atoms with Crippen LogP contribution in [0.5, 0.6) is 0 Å². The number of aromatic nitrogens is 2. The van der Waals surface area contributed by atoms with Crippen molar-refractivity contribution in [3.63, 3.8) is 0 Å². The predicted molar refractivity (Wildman–Crippen MR) is 203 cm³/mol. The minimum absolute atomic E-state index is 0.0929. The highest BCUT2D eigenvalue weighted by atomic mass is 19.1. The molecule has 0 unspecified atom stereocenters. The number of rotatable bonds is 9. The number of anilines is 2. The van der Waals surface area contributed by atoms with Crippen molar-refractivity contribution in [3.05, 3.63) is 94.1 Å². The fraction of sp³-hybridized carbons (Fsp3) is 0.425. The molecule has 0 aliphatic carbocycles. The molecule has 0 spiro atoms. The number of hydrogen-bond acceptors (Lipinski definition) is 10. The molecular weight excluding hydrogens is 691 g/mol. The number of morpholine rings is 1. The van der Waals surface area contributed by atoms with Crippen LogP contribution in [-0.4, -0.2) is 101 Å². The first-order valence-corrected chi connectivity index (χ1v) is 18.1. The van der Waals surface area contributed by atoms with E-state index in [1.165, 1.54) is 18.3 Å². The van der Waals surface area contributed by atoms with E-state index in [2.05, 4.69) is 5.32 Å². The highest BCUT2D eigenvalue weighted by Crippen LogP contribution is 2.45. The van der Waals surface area contributed by atoms with Crippen molar-refractivity contribution in [1.29, 1.82) is 10.8 Å². The monoisotopic (exact) mass is 738 g/mol. The van der Waals surface area contributed by atoms with Crippen LogP contribution in [0, 0.1) is 23.6 Å². The molecule has 3 aliphatic rings. The van der Waals surface area contributed by atoms with E-state index in [0.29, 0.717) is 66.6 Å². The number of amides is 3. The lowest BCUT2D eigenvalue weighted by molar-refractivity contribution is -0.127. The van der Waals surface area contributed by atoms with Gasteiger partial charge in [-0.05, 0) is 81.5 Å². The van der Waals surface area contributed by atoms with Gasteiger partial charge in [-0.25, -0.2) is 19.2 Å². The third-order valence-corrected chi connectivity index (χ3v) is 10.1. The molecule has 5 heterocycles. The molecule has 1 aromatic carbocycles. The Kier molecular flexibility index (Phi) is 10.7. The second kappa shape index (κ2) is 15.1. The molecule has 2 saturated heterocycles. The van der Waals surface area contributed by atoms with Gasteiger partial charge in [-0.1, -0.05) is 31.2 Å². The van der Waals surface area contributed by atoms with Gasteiger partial charge in [-0.2, -0.15) is 0 Å². The zero-order chi connectivity index (χ0) is 38.9. The number of carbonyl (C=O) groups excluding carboxylic acids is 3. The van der Waals surface area contributed by atoms with E-state index in [4.69, 9.17) is 30.3 Å². The van der Waals surface area contributed by atoms with Crippen molar-refractivity contribution in [2.24, 2.45) is 0 Å². The van der Waals surface area contributed by atoms with Gasteiger partial charge in [0, 0.05) is 55.8 Å². The second-order valence-corrected chi connectivity index (χ2v) is 15.1. The largest absolute Gasteiger partial charge is 0.444 e. The van der Waals surface area contributed by atoms with Crippen molar-refractivity contribution in [2.45, 2.75) is 71.1 Å². The number of likely N-dealkylation sites (tertiary alicyclic amines) is 1. The lowest BCUT2D eigenvalue weighted by Gasteiger charge is -2.44. The van der Waals surface area contributed by atoms with Crippen LogP contribution in [0.3, 0.4) is 0 Å². The summed E-state index contributed by atoms with van der Waals surface area (Å²) >= 11 is 0. The lowest BCUT2D eigenvalue weighted by Crippen LogP contribution is -2.58. The third kappa shape index (κ3) is 7.34. The number of nitrogens with one attached hydrogen (secondary N) is 3. The van der Waals surface area contributed by atoms with Gasteiger partial charge < -0.3 is 25.1 Å². The predicted octanol–water partition coefficient (Wildman–Crippen LogP) is 5.61. The number of pyridine rings is 2. The van der Waals surface area contributed by atoms with Crippen molar-refractivity contribution >= 4 is 41.5 Å². The third-order valence-electron chi connectivity index (χ3n) is 10.1. The maximum atomic E-state index is 16.2. The summed E-state index contributed by atoms with van der Waals surface area (Å²) in [6.07, 6.45) is 6.85. The molecule has 0 bridgehead atoms. The molecule has 3 aliphatic heterocycles. The molecule has 14 heteroatoms. The van der Waals surface area contributed by atoms with Gasteiger partial charge >= 0.3 is 6.09 Å². The zero-order valence-electron chi connectivity index (χ0n) is 31.5. The summed E-state index contributed by atoms with van der Waals surface area (Å²) in [5, 5.41) is 18.5. The summed E-state index contributed by atoms with van der Waals surface area (Å²) in [6.45, 7) is 12.9. The van der Waals surface area contributed by atoms with Crippen LogP contribution in [0.4, 0.5) is 20.8 Å². The Morgan fingerprint density at radius 2 is 1.93 bits per heavy atom. The molecule has 6 rings (SSSR count). The molecule has 2 atom stereocenters. The normalized spacial score (nSPS) is 20.4. The van der Waals surface area contributed by atoms with Gasteiger partial charge in [0.2, 0.25) is 0 Å². The van der Waals surface area contributed by atoms with E-state index in [1.54, 1.807) is 46.0 Å². The van der Waals surface area contributed by atoms with Gasteiger partial charge in [0.15, 0.2) is 0 Å². The highest BCUT2D eigenvalue weighted by molar-refractivity contribution is 6.42. The van der Waals surface area contributed by atoms with Gasteiger partial charge in [0.25, 0.3) is 11.8 Å². The Hall–Kier alpha value is -5.50. The van der Waals surface area contributed by atoms with E-state index >= 15 is 4.39 Å². The number of halogens is 1. The molecule has 0 radical (unpaired) electrons. The fourth-order valence-corrected chi connectivity index (χ4v) is 7.39. The Labute approximate surface area is 314 Å². The minimum atomic E-state index is -1.02. The molecule has 3 N–H and O–H groups in total. The smallest absolute Gasteiger partial charge is 0.410 e. The van der Waals surface area contributed by atoms with E-state index < -0.39 is 29.1 Å². The lowest BCUT2D eigenvalue weighted by atomic mass is 9.69. The van der Waals surface area contributed by atoms with Crippen LogP contribution in [-0.2, 0) is 26.1 Å². The number of hydrogen-bond donors (Lipinski definition) is 3. The van der Waals surface area contributed by atoms with E-state index in [0.717, 1.165) is 17.3 Å². The molecule has 54 heavy (non-hydrogen) atoms. The van der Waals surface area contributed by atoms with Gasteiger partial charge in [0.05, 0.1) is 30.9 Å². The molecule has 2 fully saturated rings. The van der Waals surface area contributed by atoms with Crippen LogP contribution in [0.25, 0.3) is 0 Å². The Morgan fingerprint density at radius 3 is 2.59 bits per heavy atom. The summed E-state index contributed by atoms with van der Waals surface area (Å²) in [6, 6.07) is 8.28. The second-order valence-electron chi connectivity index (χ2n) is 15.1. The van der Waals surface area contributed by atoms with Gasteiger partial charge in [-0.15, -0.1) is 0 Å². The topological polar surface area (TPSA) is 165 Å². The molecule has 3 aromatic rings. The summed E-state index contributed by atoms with van der Waals surface area (Å²) in [4.78, 5) is 54.3. The number of carbonyl (C=O) groups is 3. The first-order valence-electron chi connectivity index (χ1n) is 18.1. The van der Waals surface area contributed by atoms with Gasteiger partial charge in [0.1, 0.15) is 28.8 Å².